The number of fused-ring (bicyclic) bond motifs is 1. The first kappa shape index (κ1) is 14.2. The van der Waals surface area contributed by atoms with E-state index >= 15 is 0 Å². The highest BCUT2D eigenvalue weighted by Crippen LogP contribution is 2.25. The minimum Gasteiger partial charge on any atom is -0.259 e. The molecule has 0 spiro atoms. The molecule has 0 bridgehead atoms. The number of para-hydroxylation sites is 1. The van der Waals surface area contributed by atoms with Crippen LogP contribution in [-0.4, -0.2) is 19.9 Å². The van der Waals surface area contributed by atoms with Gasteiger partial charge in [0.2, 0.25) is 0 Å². The van der Waals surface area contributed by atoms with Gasteiger partial charge in [-0.15, -0.1) is 5.10 Å². The van der Waals surface area contributed by atoms with Gasteiger partial charge in [0.05, 0.1) is 10.4 Å². The average molecular weight is 274 g/mol. The second kappa shape index (κ2) is 5.81. The smallest absolute Gasteiger partial charge is 0.259 e. The number of nitrogens with zero attached hydrogens (tertiary/aromatic N) is 4. The molecule has 6 nitrogen and oxygen atoms in total. The molecule has 6 heteroatoms. The van der Waals surface area contributed by atoms with Crippen LogP contribution < -0.4 is 0 Å². The number of aromatic nitrogens is 3. The van der Waals surface area contributed by atoms with Crippen molar-refractivity contribution in [2.24, 2.45) is 5.92 Å². The largest absolute Gasteiger partial charge is 0.267 e. The minimum absolute atomic E-state index is 0.203. The van der Waals surface area contributed by atoms with Crippen LogP contribution in [0.25, 0.3) is 16.7 Å². The Hall–Kier alpha value is -2.24. The zero-order valence-electron chi connectivity index (χ0n) is 11.9. The van der Waals surface area contributed by atoms with E-state index in [2.05, 4.69) is 10.3 Å². The van der Waals surface area contributed by atoms with Crippen molar-refractivity contribution in [1.82, 2.24) is 15.0 Å². The Morgan fingerprint density at radius 1 is 1.40 bits per heavy atom. The van der Waals surface area contributed by atoms with Crippen molar-refractivity contribution in [3.8, 4) is 0 Å². The van der Waals surface area contributed by atoms with Crippen LogP contribution in [0.5, 0.6) is 0 Å². The summed E-state index contributed by atoms with van der Waals surface area (Å²) in [4.78, 5) is 11.0. The Labute approximate surface area is 117 Å². The average Bonchev–Trinajstić information content (AvgIpc) is 2.81. The summed E-state index contributed by atoms with van der Waals surface area (Å²) in [7, 11) is 0. The van der Waals surface area contributed by atoms with Crippen molar-refractivity contribution in [3.05, 3.63) is 40.1 Å². The molecule has 106 valence electrons. The number of rotatable bonds is 5. The number of allylic oxidation sites excluding steroid dienone is 2. The Morgan fingerprint density at radius 2 is 2.10 bits per heavy atom. The second-order valence-electron chi connectivity index (χ2n) is 5.09. The first-order valence-electron chi connectivity index (χ1n) is 6.71. The molecule has 0 amide bonds. The van der Waals surface area contributed by atoms with Crippen molar-refractivity contribution in [2.45, 2.75) is 33.6 Å². The van der Waals surface area contributed by atoms with Gasteiger partial charge in [0, 0.05) is 6.42 Å². The van der Waals surface area contributed by atoms with Crippen LogP contribution >= 0.6 is 0 Å². The fourth-order valence-electron chi connectivity index (χ4n) is 2.22. The molecule has 1 aromatic carbocycles. The number of hydrogen-bond acceptors (Lipinski definition) is 4. The summed E-state index contributed by atoms with van der Waals surface area (Å²) >= 11 is 0. The fourth-order valence-corrected chi connectivity index (χ4v) is 2.22. The Balaban J connectivity index is 2.65. The lowest BCUT2D eigenvalue weighted by Gasteiger charge is -2.11. The van der Waals surface area contributed by atoms with E-state index in [-0.39, 0.29) is 10.6 Å². The second-order valence-corrected chi connectivity index (χ2v) is 5.09. The quantitative estimate of drug-likeness (QED) is 0.619. The molecule has 1 aromatic heterocycles. The fraction of sp³-hybridized carbons (Fsp3) is 0.429. The highest BCUT2D eigenvalue weighted by molar-refractivity contribution is 5.77. The van der Waals surface area contributed by atoms with Gasteiger partial charge < -0.3 is 0 Å². The topological polar surface area (TPSA) is 73.8 Å². The zero-order chi connectivity index (χ0) is 14.7. The molecule has 0 aliphatic rings. The molecule has 2 aromatic rings. The Kier molecular flexibility index (Phi) is 4.12. The van der Waals surface area contributed by atoms with E-state index in [9.17, 15) is 10.1 Å². The summed E-state index contributed by atoms with van der Waals surface area (Å²) in [6, 6.07) is 7.49. The van der Waals surface area contributed by atoms with Crippen molar-refractivity contribution in [3.63, 3.8) is 0 Å². The van der Waals surface area contributed by atoms with E-state index < -0.39 is 0 Å². The summed E-state index contributed by atoms with van der Waals surface area (Å²) in [5, 5.41) is 19.5. The molecular formula is C14H18N4O2. The highest BCUT2D eigenvalue weighted by atomic mass is 16.6. The summed E-state index contributed by atoms with van der Waals surface area (Å²) < 4.78 is 1.61. The minimum atomic E-state index is -0.311. The van der Waals surface area contributed by atoms with Gasteiger partial charge in [-0.25, -0.2) is 4.68 Å². The molecule has 2 rings (SSSR count). The van der Waals surface area contributed by atoms with Gasteiger partial charge in [-0.3, -0.25) is 10.1 Å². The maximum absolute atomic E-state index is 11.3. The lowest BCUT2D eigenvalue weighted by molar-refractivity contribution is -0.427. The van der Waals surface area contributed by atoms with Gasteiger partial charge in [0.1, 0.15) is 11.2 Å². The van der Waals surface area contributed by atoms with Gasteiger partial charge in [0.25, 0.3) is 5.70 Å². The lowest BCUT2D eigenvalue weighted by atomic mass is 10.1. The summed E-state index contributed by atoms with van der Waals surface area (Å²) in [5.74, 6) is 0.300. The SMILES string of the molecule is CCC(=C(CC(C)C)n1nnc2ccccc21)[N+](=O)[O-]. The van der Waals surface area contributed by atoms with Gasteiger partial charge in [-0.2, -0.15) is 0 Å². The third kappa shape index (κ3) is 2.68. The van der Waals surface area contributed by atoms with Crippen molar-refractivity contribution < 1.29 is 4.92 Å². The third-order valence-corrected chi connectivity index (χ3v) is 3.10. The highest BCUT2D eigenvalue weighted by Gasteiger charge is 2.21. The van der Waals surface area contributed by atoms with Crippen molar-refractivity contribution >= 4 is 16.7 Å². The molecule has 0 aliphatic carbocycles. The van der Waals surface area contributed by atoms with Crippen molar-refractivity contribution in [1.29, 1.82) is 0 Å². The van der Waals surface area contributed by atoms with Gasteiger partial charge in [0.15, 0.2) is 0 Å². The molecule has 0 aliphatic heterocycles. The van der Waals surface area contributed by atoms with E-state index in [0.29, 0.717) is 24.5 Å². The van der Waals surface area contributed by atoms with Crippen LogP contribution in [0.3, 0.4) is 0 Å². The third-order valence-electron chi connectivity index (χ3n) is 3.10. The molecule has 20 heavy (non-hydrogen) atoms. The molecule has 0 radical (unpaired) electrons. The van der Waals surface area contributed by atoms with Gasteiger partial charge in [-0.1, -0.05) is 38.1 Å². The predicted molar refractivity (Wildman–Crippen MR) is 77.5 cm³/mol. The maximum atomic E-state index is 11.3. The predicted octanol–water partition coefficient (Wildman–Crippen LogP) is 3.33. The Morgan fingerprint density at radius 3 is 2.70 bits per heavy atom. The number of benzene rings is 1. The molecule has 0 saturated heterocycles. The molecule has 0 unspecified atom stereocenters. The normalized spacial score (nSPS) is 12.8. The molecule has 1 heterocycles. The van der Waals surface area contributed by atoms with Gasteiger partial charge in [-0.05, 0) is 24.5 Å². The van der Waals surface area contributed by atoms with E-state index in [1.807, 2.05) is 38.1 Å². The number of hydrogen-bond donors (Lipinski definition) is 0. The van der Waals surface area contributed by atoms with Gasteiger partial charge >= 0.3 is 0 Å². The van der Waals surface area contributed by atoms with Crippen LogP contribution in [0, 0.1) is 16.0 Å². The lowest BCUT2D eigenvalue weighted by Crippen LogP contribution is -2.11. The van der Waals surface area contributed by atoms with Crippen LogP contribution in [0.2, 0.25) is 0 Å². The van der Waals surface area contributed by atoms with Crippen LogP contribution in [0.4, 0.5) is 0 Å². The van der Waals surface area contributed by atoms with E-state index in [0.717, 1.165) is 11.0 Å². The molecular weight excluding hydrogens is 256 g/mol. The first-order valence-corrected chi connectivity index (χ1v) is 6.71. The maximum Gasteiger partial charge on any atom is 0.267 e. The first-order chi connectivity index (χ1) is 9.54. The van der Waals surface area contributed by atoms with E-state index in [4.69, 9.17) is 0 Å². The standard InChI is InChI=1S/C14H18N4O2/c1-4-12(18(19)20)14(9-10(2)3)17-13-8-6-5-7-11(13)15-16-17/h5-8,10H,4,9H2,1-3H3. The monoisotopic (exact) mass is 274 g/mol. The molecule has 0 saturated carbocycles. The van der Waals surface area contributed by atoms with Crippen LogP contribution in [0.15, 0.2) is 30.0 Å². The zero-order valence-corrected chi connectivity index (χ0v) is 11.9. The summed E-state index contributed by atoms with van der Waals surface area (Å²) in [5.41, 5.74) is 2.37. The van der Waals surface area contributed by atoms with Crippen LogP contribution in [0.1, 0.15) is 33.6 Å². The van der Waals surface area contributed by atoms with E-state index in [1.165, 1.54) is 0 Å². The summed E-state index contributed by atoms with van der Waals surface area (Å²) in [6.45, 7) is 5.86. The van der Waals surface area contributed by atoms with Crippen molar-refractivity contribution in [2.75, 3.05) is 0 Å². The molecule has 0 atom stereocenters. The van der Waals surface area contributed by atoms with Crippen LogP contribution in [-0.2, 0) is 0 Å². The summed E-state index contributed by atoms with van der Waals surface area (Å²) in [6.07, 6.45) is 0.959. The van der Waals surface area contributed by atoms with E-state index in [1.54, 1.807) is 11.6 Å². The Bertz CT molecular complexity index is 658. The number of nitro groups is 1. The molecule has 0 fully saturated rings. The molecule has 0 N–H and O–H groups in total.